The Labute approximate surface area is 123 Å². The number of ether oxygens (including phenoxy) is 1. The predicted molar refractivity (Wildman–Crippen MR) is 73.0 cm³/mol. The Morgan fingerprint density at radius 2 is 1.90 bits per heavy atom. The van der Waals surface area contributed by atoms with Gasteiger partial charge in [-0.25, -0.2) is 13.9 Å². The average molecular weight is 325 g/mol. The van der Waals surface area contributed by atoms with Gasteiger partial charge in [-0.1, -0.05) is 0 Å². The van der Waals surface area contributed by atoms with E-state index in [9.17, 15) is 17.4 Å². The monoisotopic (exact) mass is 325 g/mol. The zero-order valence-electron chi connectivity index (χ0n) is 12.2. The van der Waals surface area contributed by atoms with Gasteiger partial charge in [0.2, 0.25) is 5.88 Å². The lowest BCUT2D eigenvalue weighted by Crippen LogP contribution is -2.35. The Kier molecular flexibility index (Phi) is 5.68. The van der Waals surface area contributed by atoms with Crippen LogP contribution in [0.5, 0.6) is 5.88 Å². The van der Waals surface area contributed by atoms with Gasteiger partial charge in [-0.15, -0.1) is 0 Å². The summed E-state index contributed by atoms with van der Waals surface area (Å²) in [5.74, 6) is -0.208. The third kappa shape index (κ3) is 6.38. The maximum absolute atomic E-state index is 12.0. The Balaban J connectivity index is 2.63. The van der Waals surface area contributed by atoms with Crippen LogP contribution in [-0.4, -0.2) is 31.7 Å². The third-order valence-electron chi connectivity index (χ3n) is 2.32. The van der Waals surface area contributed by atoms with Crippen LogP contribution in [0.25, 0.3) is 0 Å². The van der Waals surface area contributed by atoms with Crippen LogP contribution in [-0.2, 0) is 11.0 Å². The molecule has 2 atom stereocenters. The summed E-state index contributed by atoms with van der Waals surface area (Å²) < 4.78 is 54.8. The van der Waals surface area contributed by atoms with E-state index in [-0.39, 0.29) is 11.9 Å². The first kappa shape index (κ1) is 17.8. The van der Waals surface area contributed by atoms with Gasteiger partial charge in [-0.2, -0.15) is 13.2 Å². The maximum atomic E-state index is 12.0. The maximum Gasteiger partial charge on any atom is 0.422 e. The van der Waals surface area contributed by atoms with Crippen molar-refractivity contribution in [3.8, 4) is 5.88 Å². The molecule has 0 aliphatic heterocycles. The average Bonchev–Trinajstić information content (AvgIpc) is 2.35. The molecule has 1 rings (SSSR count). The second kappa shape index (κ2) is 6.69. The number of nitrogens with one attached hydrogen (secondary N) is 1. The summed E-state index contributed by atoms with van der Waals surface area (Å²) in [7, 11) is -1.29. The number of rotatable bonds is 5. The summed E-state index contributed by atoms with van der Waals surface area (Å²) >= 11 is 0. The number of halogens is 3. The summed E-state index contributed by atoms with van der Waals surface area (Å²) in [6.07, 6.45) is -2.01. The molecule has 1 unspecified atom stereocenters. The second-order valence-electron chi connectivity index (χ2n) is 5.40. The van der Waals surface area contributed by atoms with Gasteiger partial charge in [0.15, 0.2) is 6.61 Å². The molecular formula is C12H18F3N3O2S. The molecule has 0 saturated carbocycles. The van der Waals surface area contributed by atoms with Crippen LogP contribution in [0.3, 0.4) is 0 Å². The van der Waals surface area contributed by atoms with Crippen molar-refractivity contribution in [1.29, 1.82) is 0 Å². The minimum absolute atomic E-state index is 0.208. The standard InChI is InChI=1S/C12H18F3N3O2S/c1-8(18-21(19)11(2,3)4)9-5-17-10(6-16-9)20-7-12(13,14)15/h5-6,8,18H,7H2,1-4H3/t8-,21?/m1/s1. The molecule has 0 aromatic carbocycles. The van der Waals surface area contributed by atoms with Gasteiger partial charge in [-0.3, -0.25) is 4.98 Å². The summed E-state index contributed by atoms with van der Waals surface area (Å²) in [5.41, 5.74) is 0.465. The Hall–Kier alpha value is -1.22. The molecule has 0 amide bonds. The number of hydrogen-bond donors (Lipinski definition) is 1. The van der Waals surface area contributed by atoms with Crippen molar-refractivity contribution in [2.24, 2.45) is 0 Å². The highest BCUT2D eigenvalue weighted by Crippen LogP contribution is 2.18. The van der Waals surface area contributed by atoms with Crippen LogP contribution in [0, 0.1) is 0 Å². The van der Waals surface area contributed by atoms with E-state index >= 15 is 0 Å². The second-order valence-corrected chi connectivity index (χ2v) is 7.40. The molecule has 0 saturated heterocycles. The van der Waals surface area contributed by atoms with E-state index in [0.717, 1.165) is 6.20 Å². The molecule has 1 aromatic rings. The van der Waals surface area contributed by atoms with Crippen molar-refractivity contribution >= 4 is 11.0 Å². The highest BCUT2D eigenvalue weighted by molar-refractivity contribution is 7.84. The number of hydrogen-bond acceptors (Lipinski definition) is 4. The van der Waals surface area contributed by atoms with Gasteiger partial charge < -0.3 is 4.74 Å². The zero-order chi connectivity index (χ0) is 16.3. The summed E-state index contributed by atoms with van der Waals surface area (Å²) in [6, 6.07) is -0.353. The van der Waals surface area contributed by atoms with Gasteiger partial charge in [0.05, 0.1) is 39.9 Å². The number of aromatic nitrogens is 2. The first-order chi connectivity index (χ1) is 9.49. The van der Waals surface area contributed by atoms with E-state index in [1.807, 2.05) is 20.8 Å². The molecule has 0 spiro atoms. The van der Waals surface area contributed by atoms with Crippen molar-refractivity contribution < 1.29 is 22.1 Å². The van der Waals surface area contributed by atoms with Crippen molar-refractivity contribution in [3.63, 3.8) is 0 Å². The molecule has 0 aliphatic rings. The van der Waals surface area contributed by atoms with Crippen molar-refractivity contribution in [2.75, 3.05) is 6.61 Å². The highest BCUT2D eigenvalue weighted by atomic mass is 32.2. The van der Waals surface area contributed by atoms with E-state index in [1.54, 1.807) is 6.92 Å². The topological polar surface area (TPSA) is 64.1 Å². The quantitative estimate of drug-likeness (QED) is 0.903. The van der Waals surface area contributed by atoms with E-state index in [4.69, 9.17) is 0 Å². The largest absolute Gasteiger partial charge is 0.467 e. The molecule has 1 heterocycles. The first-order valence-corrected chi connectivity index (χ1v) is 7.33. The van der Waals surface area contributed by atoms with Gasteiger partial charge in [0.1, 0.15) is 0 Å². The van der Waals surface area contributed by atoms with Crippen molar-refractivity contribution in [1.82, 2.24) is 14.7 Å². The molecule has 0 bridgehead atoms. The minimum Gasteiger partial charge on any atom is -0.467 e. The SMILES string of the molecule is C[C@@H](NS(=O)C(C)(C)C)c1cnc(OCC(F)(F)F)cn1. The van der Waals surface area contributed by atoms with Gasteiger partial charge in [-0.05, 0) is 27.7 Å². The lowest BCUT2D eigenvalue weighted by molar-refractivity contribution is -0.154. The smallest absolute Gasteiger partial charge is 0.422 e. The molecule has 9 heteroatoms. The van der Waals surface area contributed by atoms with Crippen LogP contribution >= 0.6 is 0 Å². The molecule has 5 nitrogen and oxygen atoms in total. The fourth-order valence-electron chi connectivity index (χ4n) is 1.18. The van der Waals surface area contributed by atoms with E-state index < -0.39 is 28.5 Å². The van der Waals surface area contributed by atoms with Gasteiger partial charge >= 0.3 is 6.18 Å². The molecule has 0 fully saturated rings. The molecule has 120 valence electrons. The van der Waals surface area contributed by atoms with Crippen LogP contribution in [0.2, 0.25) is 0 Å². The minimum atomic E-state index is -4.42. The summed E-state index contributed by atoms with van der Waals surface area (Å²) in [5, 5.41) is 0. The van der Waals surface area contributed by atoms with E-state index in [0.29, 0.717) is 5.69 Å². The summed E-state index contributed by atoms with van der Waals surface area (Å²) in [4.78, 5) is 7.71. The van der Waals surface area contributed by atoms with Crippen LogP contribution in [0.1, 0.15) is 39.4 Å². The number of nitrogens with zero attached hydrogens (tertiary/aromatic N) is 2. The fourth-order valence-corrected chi connectivity index (χ4v) is 1.97. The van der Waals surface area contributed by atoms with Crippen molar-refractivity contribution in [2.45, 2.75) is 44.7 Å². The Bertz CT molecular complexity index is 486. The molecule has 1 aromatic heterocycles. The van der Waals surface area contributed by atoms with E-state index in [1.165, 1.54) is 6.20 Å². The third-order valence-corrected chi connectivity index (χ3v) is 4.00. The fraction of sp³-hybridized carbons (Fsp3) is 0.667. The lowest BCUT2D eigenvalue weighted by Gasteiger charge is -2.21. The predicted octanol–water partition coefficient (Wildman–Crippen LogP) is 2.53. The van der Waals surface area contributed by atoms with Crippen LogP contribution < -0.4 is 9.46 Å². The first-order valence-electron chi connectivity index (χ1n) is 6.18. The summed E-state index contributed by atoms with van der Waals surface area (Å²) in [6.45, 7) is 5.79. The van der Waals surface area contributed by atoms with Crippen LogP contribution in [0.4, 0.5) is 13.2 Å². The normalized spacial score (nSPS) is 15.6. The van der Waals surface area contributed by atoms with Crippen molar-refractivity contribution in [3.05, 3.63) is 18.1 Å². The Morgan fingerprint density at radius 1 is 1.29 bits per heavy atom. The molecule has 1 N–H and O–H groups in total. The van der Waals surface area contributed by atoms with Gasteiger partial charge in [0, 0.05) is 0 Å². The molecule has 0 aliphatic carbocycles. The van der Waals surface area contributed by atoms with Crippen LogP contribution in [0.15, 0.2) is 12.4 Å². The molecule has 0 radical (unpaired) electrons. The molecule has 21 heavy (non-hydrogen) atoms. The lowest BCUT2D eigenvalue weighted by atomic mass is 10.3. The zero-order valence-corrected chi connectivity index (χ0v) is 13.0. The van der Waals surface area contributed by atoms with Gasteiger partial charge in [0.25, 0.3) is 0 Å². The molecular weight excluding hydrogens is 307 g/mol. The number of alkyl halides is 3. The van der Waals surface area contributed by atoms with E-state index in [2.05, 4.69) is 19.4 Å². The highest BCUT2D eigenvalue weighted by Gasteiger charge is 2.28. The Morgan fingerprint density at radius 3 is 2.33 bits per heavy atom.